The second-order valence-corrected chi connectivity index (χ2v) is 19.5. The van der Waals surface area contributed by atoms with Gasteiger partial charge in [0.25, 0.3) is 0 Å². The zero-order valence-corrected chi connectivity index (χ0v) is 64.0. The van der Waals surface area contributed by atoms with Crippen LogP contribution in [0.3, 0.4) is 0 Å². The minimum atomic E-state index is -1.25. The SMILES string of the molecule is C=C(C)C(=O)Cl.C=C(C)C(=O)Oc1cccnc1C(=O)O.CC.CC.CCN(CC)CC.ClCCl.Fc1c[c-]c(-c2ccccn2)c(F)c1.Fc1c[c-]c(-c2ccccn2)c(F)c1.Fc1c[c-]c(-c2ccccn2)c(F)c1.Fc1c[c-]c(-c2ccccn2)c(F)c1.O=C(O)c1ncccc1O.[Ir].[Ir]. The molecule has 0 aliphatic carbocycles. The van der Waals surface area contributed by atoms with Gasteiger partial charge in [0.2, 0.25) is 5.24 Å². The van der Waals surface area contributed by atoms with Crippen LogP contribution in [0.1, 0.15) is 83.3 Å². The molecule has 6 heterocycles. The molecule has 0 bridgehead atoms. The topological polar surface area (TPSA) is 219 Å². The zero-order valence-electron chi connectivity index (χ0n) is 56.9. The number of allylic oxidation sites excluding steroid dienone is 1. The molecule has 0 unspecified atom stereocenters. The Hall–Kier alpha value is -9.29. The van der Waals surface area contributed by atoms with Gasteiger partial charge in [0.15, 0.2) is 17.1 Å². The van der Waals surface area contributed by atoms with Crippen molar-refractivity contribution >= 4 is 58.0 Å². The van der Waals surface area contributed by atoms with Crippen LogP contribution in [0.25, 0.3) is 45.0 Å². The number of hydrogen-bond donors (Lipinski definition) is 3. The Labute approximate surface area is 636 Å². The van der Waals surface area contributed by atoms with Crippen molar-refractivity contribution in [1.29, 1.82) is 0 Å². The van der Waals surface area contributed by atoms with Crippen LogP contribution in [0.15, 0.2) is 207 Å². The number of carboxylic acid groups (broad SMARTS) is 2. The predicted molar refractivity (Wildman–Crippen MR) is 377 cm³/mol. The van der Waals surface area contributed by atoms with Gasteiger partial charge in [0.1, 0.15) is 5.75 Å². The number of esters is 1. The summed E-state index contributed by atoms with van der Waals surface area (Å²) in [6, 6.07) is 43.7. The molecule has 4 aromatic carbocycles. The Balaban J connectivity index is -0.00000111. The van der Waals surface area contributed by atoms with E-state index in [2.05, 4.69) is 93.0 Å². The quantitative estimate of drug-likeness (QED) is 0.0259. The fourth-order valence-electron chi connectivity index (χ4n) is 6.66. The monoisotopic (exact) mass is 1840 g/mol. The summed E-state index contributed by atoms with van der Waals surface area (Å²) in [6.45, 7) is 27.8. The summed E-state index contributed by atoms with van der Waals surface area (Å²) in [5.41, 5.74) is 2.50. The molecule has 3 N–H and O–H groups in total. The van der Waals surface area contributed by atoms with Crippen LogP contribution in [0.2, 0.25) is 0 Å². The van der Waals surface area contributed by atoms with E-state index in [4.69, 9.17) is 54.9 Å². The molecule has 15 nitrogen and oxygen atoms in total. The third-order valence-corrected chi connectivity index (χ3v) is 11.6. The average Bonchev–Trinajstić information content (AvgIpc) is 0.869. The number of benzene rings is 4. The fourth-order valence-corrected chi connectivity index (χ4v) is 6.66. The molecule has 0 amide bonds. The Morgan fingerprint density at radius 1 is 0.456 bits per heavy atom. The van der Waals surface area contributed by atoms with Crippen LogP contribution >= 0.6 is 34.8 Å². The number of aromatic carboxylic acids is 2. The van der Waals surface area contributed by atoms with Gasteiger partial charge in [-0.25, -0.2) is 24.4 Å². The number of rotatable bonds is 12. The van der Waals surface area contributed by atoms with Crippen molar-refractivity contribution in [2.24, 2.45) is 0 Å². The molecular formula is C75H72Cl3F8Ir2N7O8-4. The first kappa shape index (κ1) is 97.9. The maximum Gasteiger partial charge on any atom is 0.358 e. The van der Waals surface area contributed by atoms with E-state index in [1.54, 1.807) is 105 Å². The van der Waals surface area contributed by atoms with Crippen LogP contribution in [0.4, 0.5) is 35.1 Å². The number of carbonyl (C=O) groups is 4. The van der Waals surface area contributed by atoms with Crippen molar-refractivity contribution in [3.63, 3.8) is 0 Å². The largest absolute Gasteiger partial charge is 0.505 e. The third-order valence-electron chi connectivity index (χ3n) is 11.3. The molecule has 0 atom stereocenters. The Bertz CT molecular complexity index is 3740. The van der Waals surface area contributed by atoms with Crippen molar-refractivity contribution < 1.29 is 115 Å². The van der Waals surface area contributed by atoms with Gasteiger partial charge >= 0.3 is 17.9 Å². The molecular weight excluding hydrogens is 1770 g/mol. The van der Waals surface area contributed by atoms with Gasteiger partial charge in [0.05, 0.1) is 5.34 Å². The average molecular weight is 1840 g/mol. The summed E-state index contributed by atoms with van der Waals surface area (Å²) in [7, 11) is 0. The number of nitrogens with zero attached hydrogens (tertiary/aromatic N) is 7. The van der Waals surface area contributed by atoms with Crippen LogP contribution in [0, 0.1) is 70.8 Å². The van der Waals surface area contributed by atoms with Crippen molar-refractivity contribution in [2.45, 2.75) is 62.3 Å². The standard InChI is InChI=1S/4C11H6F2N.C10H9NO4.C6H5NO3.C6H15N.C4H5ClO.2C2H6.CH2Cl2.2Ir/c4*12-8-4-5-9(10(13)7-8)11-3-1-2-6-14-11;1-6(2)10(14)15-7-4-3-5-11-8(7)9(12)13;8-4-2-1-3-7-5(4)6(9)10;1-4-7(5-2)6-3;1-3(2)4(5)6;2*1-2;2-1-3;;/h4*1-4,6-7H;3-5H,1H2,2H3,(H,12,13);1-3,8H,(H,9,10);4-6H2,1-3H3;1H2,2H3;2*1-2H3;1H2;;/q4*-1;;;;;;;;;. The second-order valence-electron chi connectivity index (χ2n) is 18.3. The summed E-state index contributed by atoms with van der Waals surface area (Å²) in [6.07, 6.45) is 8.81. The number of pyridine rings is 6. The zero-order chi connectivity index (χ0) is 76.4. The number of halogens is 11. The van der Waals surface area contributed by atoms with Crippen LogP contribution in [0.5, 0.6) is 11.5 Å². The summed E-state index contributed by atoms with van der Waals surface area (Å²) >= 11 is 14.4. The van der Waals surface area contributed by atoms with E-state index in [0.717, 1.165) is 48.5 Å². The Kier molecular flexibility index (Phi) is 54.4. The minimum Gasteiger partial charge on any atom is -0.505 e. The number of ether oxygens (including phenoxy) is 1. The molecule has 10 rings (SSSR count). The molecule has 0 spiro atoms. The van der Waals surface area contributed by atoms with E-state index in [0.29, 0.717) is 28.3 Å². The van der Waals surface area contributed by atoms with Crippen molar-refractivity contribution in [1.82, 2.24) is 34.8 Å². The van der Waals surface area contributed by atoms with Gasteiger partial charge in [-0.15, -0.1) is 71.7 Å². The molecule has 0 aliphatic rings. The number of alkyl halides is 2. The molecule has 6 aromatic heterocycles. The van der Waals surface area contributed by atoms with Gasteiger partial charge in [-0.05, 0) is 116 Å². The first-order valence-corrected chi connectivity index (χ1v) is 31.4. The third kappa shape index (κ3) is 39.6. The second kappa shape index (κ2) is 57.2. The smallest absolute Gasteiger partial charge is 0.358 e. The molecule has 10 aromatic rings. The molecule has 0 saturated carbocycles. The van der Waals surface area contributed by atoms with Gasteiger partial charge < -0.3 is 44.9 Å². The first-order chi connectivity index (χ1) is 48.2. The van der Waals surface area contributed by atoms with Gasteiger partial charge in [0, 0.05) is 135 Å². The molecule has 103 heavy (non-hydrogen) atoms. The summed E-state index contributed by atoms with van der Waals surface area (Å²) < 4.78 is 108. The number of carbonyl (C=O) groups excluding carboxylic acids is 2. The van der Waals surface area contributed by atoms with Gasteiger partial charge in [-0.3, -0.25) is 39.9 Å². The minimum absolute atomic E-state index is 0. The van der Waals surface area contributed by atoms with Crippen LogP contribution < -0.4 is 4.74 Å². The summed E-state index contributed by atoms with van der Waals surface area (Å²) in [4.78, 5) is 67.0. The summed E-state index contributed by atoms with van der Waals surface area (Å²) in [5.74, 6) is -8.69. The summed E-state index contributed by atoms with van der Waals surface area (Å²) in [5, 5.41) is 25.7. The van der Waals surface area contributed by atoms with Crippen molar-refractivity contribution in [3.05, 3.63) is 289 Å². The molecule has 554 valence electrons. The number of hydrogen-bond acceptors (Lipinski definition) is 13. The van der Waals surface area contributed by atoms with E-state index in [9.17, 15) is 54.3 Å². The van der Waals surface area contributed by atoms with E-state index in [-0.39, 0.29) is 96.3 Å². The van der Waals surface area contributed by atoms with Gasteiger partial charge in [-0.2, -0.15) is 0 Å². The number of aromatic hydroxyl groups is 1. The predicted octanol–water partition coefficient (Wildman–Crippen LogP) is 19.2. The normalized spacial score (nSPS) is 9.21. The molecule has 0 fully saturated rings. The Morgan fingerprint density at radius 3 is 0.913 bits per heavy atom. The van der Waals surface area contributed by atoms with Crippen molar-refractivity contribution in [3.8, 4) is 56.5 Å². The number of carboxylic acids is 2. The first-order valence-electron chi connectivity index (χ1n) is 30.0. The fraction of sp³-hybridized carbons (Fsp3) is 0.173. The number of aromatic nitrogens is 6. The molecule has 28 heteroatoms. The molecule has 0 aliphatic heterocycles. The molecule has 2 radical (unpaired) electrons. The van der Waals surface area contributed by atoms with Crippen molar-refractivity contribution in [2.75, 3.05) is 25.0 Å². The van der Waals surface area contributed by atoms with Crippen LogP contribution in [-0.2, 0) is 49.8 Å². The van der Waals surface area contributed by atoms with E-state index >= 15 is 0 Å². The van der Waals surface area contributed by atoms with Crippen LogP contribution in [-0.4, -0.2) is 98.2 Å². The molecule has 0 saturated heterocycles. The Morgan fingerprint density at radius 2 is 0.718 bits per heavy atom. The van der Waals surface area contributed by atoms with E-state index < -0.39 is 69.7 Å². The maximum atomic E-state index is 13.2. The van der Waals surface area contributed by atoms with E-state index in [1.165, 1.54) is 63.2 Å². The van der Waals surface area contributed by atoms with Gasteiger partial charge in [-0.1, -0.05) is 157 Å². The maximum absolute atomic E-state index is 13.2. The van der Waals surface area contributed by atoms with E-state index in [1.807, 2.05) is 27.7 Å².